The molecule has 0 bridgehead atoms. The van der Waals surface area contributed by atoms with Gasteiger partial charge in [0.25, 0.3) is 0 Å². The average Bonchev–Trinajstić information content (AvgIpc) is 2.81. The Bertz CT molecular complexity index is 762. The van der Waals surface area contributed by atoms with Crippen molar-refractivity contribution >= 4 is 48.1 Å². The Labute approximate surface area is 134 Å². The molecule has 0 saturated carbocycles. The Balaban J connectivity index is 2.28. The molecule has 0 unspecified atom stereocenters. The molecule has 0 radical (unpaired) electrons. The first kappa shape index (κ1) is 16.2. The van der Waals surface area contributed by atoms with Crippen LogP contribution in [0.2, 0.25) is 0 Å². The molecule has 0 fully saturated rings. The van der Waals surface area contributed by atoms with Crippen molar-refractivity contribution < 1.29 is 12.8 Å². The summed E-state index contributed by atoms with van der Waals surface area (Å²) in [6.45, 7) is 1.67. The van der Waals surface area contributed by atoms with Gasteiger partial charge >= 0.3 is 0 Å². The molecule has 114 valence electrons. The Kier molecular flexibility index (Phi) is 4.84. The highest BCUT2D eigenvalue weighted by atomic mass is 79.9. The predicted molar refractivity (Wildman–Crippen MR) is 85.7 cm³/mol. The SMILES string of the molecule is CCS(=O)(=O)c1c(N)nsc1NCc1cc(Br)ccc1F. The average molecular weight is 394 g/mol. The summed E-state index contributed by atoms with van der Waals surface area (Å²) in [6.07, 6.45) is 0. The molecule has 0 aliphatic heterocycles. The van der Waals surface area contributed by atoms with Crippen molar-refractivity contribution in [2.75, 3.05) is 16.8 Å². The number of halogens is 2. The second kappa shape index (κ2) is 6.29. The van der Waals surface area contributed by atoms with Crippen LogP contribution in [0.15, 0.2) is 27.6 Å². The van der Waals surface area contributed by atoms with Crippen molar-refractivity contribution in [1.29, 1.82) is 0 Å². The van der Waals surface area contributed by atoms with Gasteiger partial charge in [-0.1, -0.05) is 22.9 Å². The number of aromatic nitrogens is 1. The number of nitrogens with one attached hydrogen (secondary N) is 1. The molecule has 1 aromatic heterocycles. The summed E-state index contributed by atoms with van der Waals surface area (Å²) >= 11 is 4.21. The second-order valence-corrected chi connectivity index (χ2v) is 8.12. The predicted octanol–water partition coefficient (Wildman–Crippen LogP) is 3.03. The molecule has 2 aromatic rings. The molecule has 0 aliphatic carbocycles. The van der Waals surface area contributed by atoms with Gasteiger partial charge < -0.3 is 11.1 Å². The van der Waals surface area contributed by atoms with Gasteiger partial charge in [-0.2, -0.15) is 4.37 Å². The van der Waals surface area contributed by atoms with Crippen molar-refractivity contribution in [1.82, 2.24) is 4.37 Å². The molecule has 9 heteroatoms. The minimum absolute atomic E-state index is 0.00888. The third-order valence-electron chi connectivity index (χ3n) is 2.81. The van der Waals surface area contributed by atoms with Crippen molar-refractivity contribution in [3.63, 3.8) is 0 Å². The van der Waals surface area contributed by atoms with E-state index in [2.05, 4.69) is 25.6 Å². The van der Waals surface area contributed by atoms with E-state index in [1.165, 1.54) is 13.0 Å². The highest BCUT2D eigenvalue weighted by molar-refractivity contribution is 9.10. The summed E-state index contributed by atoms with van der Waals surface area (Å²) < 4.78 is 42.3. The highest BCUT2D eigenvalue weighted by Gasteiger charge is 2.23. The standard InChI is InChI=1S/C12H13BrFN3O2S2/c1-2-21(18,19)10-11(15)17-20-12(10)16-6-7-5-8(13)3-4-9(7)14/h3-5,16H,2,6H2,1H3,(H2,15,17). The van der Waals surface area contributed by atoms with E-state index in [1.807, 2.05) is 0 Å². The summed E-state index contributed by atoms with van der Waals surface area (Å²) in [5, 5.41) is 3.22. The number of hydrogen-bond acceptors (Lipinski definition) is 6. The van der Waals surface area contributed by atoms with Crippen LogP contribution >= 0.6 is 27.5 Å². The van der Waals surface area contributed by atoms with Crippen LogP contribution in [0.1, 0.15) is 12.5 Å². The number of hydrogen-bond donors (Lipinski definition) is 2. The van der Waals surface area contributed by atoms with Crippen LogP contribution < -0.4 is 11.1 Å². The number of nitrogens with two attached hydrogens (primary N) is 1. The first-order chi connectivity index (χ1) is 9.85. The van der Waals surface area contributed by atoms with Crippen LogP contribution in [-0.2, 0) is 16.4 Å². The van der Waals surface area contributed by atoms with Crippen LogP contribution in [0.5, 0.6) is 0 Å². The molecule has 2 rings (SSSR count). The zero-order valence-electron chi connectivity index (χ0n) is 11.1. The third kappa shape index (κ3) is 3.53. The third-order valence-corrected chi connectivity index (χ3v) is 6.05. The molecular formula is C12H13BrFN3O2S2. The van der Waals surface area contributed by atoms with Crippen molar-refractivity contribution in [2.45, 2.75) is 18.4 Å². The van der Waals surface area contributed by atoms with Gasteiger partial charge in [0.1, 0.15) is 15.7 Å². The monoisotopic (exact) mass is 393 g/mol. The van der Waals surface area contributed by atoms with Gasteiger partial charge in [0, 0.05) is 16.6 Å². The Hall–Kier alpha value is -1.19. The number of benzene rings is 1. The maximum atomic E-state index is 13.7. The number of sulfone groups is 1. The van der Waals surface area contributed by atoms with E-state index in [-0.39, 0.29) is 28.8 Å². The Morgan fingerprint density at radius 1 is 1.48 bits per heavy atom. The lowest BCUT2D eigenvalue weighted by Crippen LogP contribution is -2.09. The largest absolute Gasteiger partial charge is 0.382 e. The molecule has 0 amide bonds. The molecule has 0 aliphatic rings. The zero-order valence-corrected chi connectivity index (χ0v) is 14.3. The van der Waals surface area contributed by atoms with E-state index in [1.54, 1.807) is 12.1 Å². The number of rotatable bonds is 5. The Morgan fingerprint density at radius 2 is 2.19 bits per heavy atom. The molecule has 0 saturated heterocycles. The van der Waals surface area contributed by atoms with Crippen LogP contribution in [0.3, 0.4) is 0 Å². The van der Waals surface area contributed by atoms with E-state index < -0.39 is 9.84 Å². The van der Waals surface area contributed by atoms with Gasteiger partial charge in [0.05, 0.1) is 5.75 Å². The maximum absolute atomic E-state index is 13.7. The zero-order chi connectivity index (χ0) is 15.6. The topological polar surface area (TPSA) is 85.1 Å². The minimum Gasteiger partial charge on any atom is -0.382 e. The maximum Gasteiger partial charge on any atom is 0.184 e. The smallest absolute Gasteiger partial charge is 0.184 e. The van der Waals surface area contributed by atoms with Gasteiger partial charge in [-0.25, -0.2) is 12.8 Å². The summed E-state index contributed by atoms with van der Waals surface area (Å²) in [6, 6.07) is 4.56. The van der Waals surface area contributed by atoms with Crippen molar-refractivity contribution in [3.05, 3.63) is 34.1 Å². The fraction of sp³-hybridized carbons (Fsp3) is 0.250. The molecule has 5 nitrogen and oxygen atoms in total. The molecule has 21 heavy (non-hydrogen) atoms. The fourth-order valence-corrected chi connectivity index (χ4v) is 4.28. The fourth-order valence-electron chi connectivity index (χ4n) is 1.71. The van der Waals surface area contributed by atoms with Gasteiger partial charge in [-0.15, -0.1) is 0 Å². The minimum atomic E-state index is -3.48. The molecule has 0 spiro atoms. The summed E-state index contributed by atoms with van der Waals surface area (Å²) in [5.41, 5.74) is 6.04. The molecule has 0 atom stereocenters. The van der Waals surface area contributed by atoms with E-state index in [0.717, 1.165) is 16.0 Å². The lowest BCUT2D eigenvalue weighted by Gasteiger charge is -2.08. The molecular weight excluding hydrogens is 381 g/mol. The lowest BCUT2D eigenvalue weighted by atomic mass is 10.2. The van der Waals surface area contributed by atoms with Gasteiger partial charge in [-0.3, -0.25) is 0 Å². The van der Waals surface area contributed by atoms with E-state index in [4.69, 9.17) is 5.73 Å². The van der Waals surface area contributed by atoms with E-state index in [9.17, 15) is 12.8 Å². The van der Waals surface area contributed by atoms with E-state index >= 15 is 0 Å². The van der Waals surface area contributed by atoms with Crippen LogP contribution in [-0.4, -0.2) is 18.5 Å². The number of nitrogen functional groups attached to an aromatic ring is 1. The van der Waals surface area contributed by atoms with E-state index in [0.29, 0.717) is 10.6 Å². The first-order valence-corrected chi connectivity index (χ1v) is 9.22. The molecule has 1 heterocycles. The van der Waals surface area contributed by atoms with Crippen molar-refractivity contribution in [3.8, 4) is 0 Å². The normalized spacial score (nSPS) is 11.6. The molecule has 1 aromatic carbocycles. The van der Waals surface area contributed by atoms with Gasteiger partial charge in [0.15, 0.2) is 15.7 Å². The highest BCUT2D eigenvalue weighted by Crippen LogP contribution is 2.32. The second-order valence-electron chi connectivity index (χ2n) is 4.22. The van der Waals surface area contributed by atoms with Gasteiger partial charge in [0.2, 0.25) is 0 Å². The number of nitrogens with zero attached hydrogens (tertiary/aromatic N) is 1. The number of anilines is 2. The van der Waals surface area contributed by atoms with Crippen LogP contribution in [0, 0.1) is 5.82 Å². The van der Waals surface area contributed by atoms with Gasteiger partial charge in [-0.05, 0) is 29.7 Å². The quantitative estimate of drug-likeness (QED) is 0.815. The summed E-state index contributed by atoms with van der Waals surface area (Å²) in [4.78, 5) is -0.00888. The lowest BCUT2D eigenvalue weighted by molar-refractivity contribution is 0.598. The molecule has 3 N–H and O–H groups in total. The summed E-state index contributed by atoms with van der Waals surface area (Å²) in [5.74, 6) is -0.475. The van der Waals surface area contributed by atoms with Crippen molar-refractivity contribution in [2.24, 2.45) is 0 Å². The summed E-state index contributed by atoms with van der Waals surface area (Å²) in [7, 11) is -3.48. The van der Waals surface area contributed by atoms with Crippen LogP contribution in [0.4, 0.5) is 15.2 Å². The van der Waals surface area contributed by atoms with Crippen LogP contribution in [0.25, 0.3) is 0 Å². The Morgan fingerprint density at radius 3 is 2.86 bits per heavy atom. The first-order valence-electron chi connectivity index (χ1n) is 6.01.